The van der Waals surface area contributed by atoms with Crippen LogP contribution in [0.5, 0.6) is 0 Å². The predicted octanol–water partition coefficient (Wildman–Crippen LogP) is 4.41. The second kappa shape index (κ2) is 5.35. The number of carbonyl (C=O) groups is 1. The van der Waals surface area contributed by atoms with Crippen LogP contribution in [0.25, 0.3) is 12.2 Å². The second-order valence-corrected chi connectivity index (χ2v) is 6.24. The zero-order valence-corrected chi connectivity index (χ0v) is 11.1. The van der Waals surface area contributed by atoms with Gasteiger partial charge in [0.25, 0.3) is 0 Å². The van der Waals surface area contributed by atoms with Crippen LogP contribution in [0.15, 0.2) is 30.3 Å². The van der Waals surface area contributed by atoms with Crippen molar-refractivity contribution in [2.45, 2.75) is 0 Å². The van der Waals surface area contributed by atoms with Crippen LogP contribution in [0.3, 0.4) is 0 Å². The fourth-order valence-corrected chi connectivity index (χ4v) is 3.46. The van der Waals surface area contributed by atoms with E-state index in [1.807, 2.05) is 18.2 Å². The van der Waals surface area contributed by atoms with Gasteiger partial charge in [-0.15, -0.1) is 0 Å². The van der Waals surface area contributed by atoms with Crippen LogP contribution in [0.2, 0.25) is 0 Å². The van der Waals surface area contributed by atoms with Gasteiger partial charge in [0, 0.05) is 4.88 Å². The smallest absolute Gasteiger partial charge is 0.335 e. The Hall–Kier alpha value is -1.30. The van der Waals surface area contributed by atoms with Crippen LogP contribution in [0.1, 0.15) is 20.8 Å². The van der Waals surface area contributed by atoms with Gasteiger partial charge < -0.3 is 5.11 Å². The first-order valence-corrected chi connectivity index (χ1v) is 7.32. The molecule has 1 aromatic carbocycles. The maximum absolute atomic E-state index is 10.7. The number of hydrogen-bond donors (Lipinski definition) is 1. The number of benzene rings is 1. The minimum Gasteiger partial charge on any atom is -0.478 e. The summed E-state index contributed by atoms with van der Waals surface area (Å²) in [5.41, 5.74) is 1.27. The van der Waals surface area contributed by atoms with Crippen LogP contribution in [0.4, 0.5) is 0 Å². The average Bonchev–Trinajstić information content (AvgIpc) is 2.73. The molecule has 2 aromatic rings. The van der Waals surface area contributed by atoms with E-state index < -0.39 is 5.97 Å². The topological polar surface area (TPSA) is 37.3 Å². The molecule has 0 saturated carbocycles. The van der Waals surface area contributed by atoms with Gasteiger partial charge in [0.2, 0.25) is 0 Å². The van der Waals surface area contributed by atoms with Gasteiger partial charge in [0.15, 0.2) is 0 Å². The van der Waals surface area contributed by atoms with Crippen molar-refractivity contribution in [3.8, 4) is 0 Å². The summed E-state index contributed by atoms with van der Waals surface area (Å²) in [6.07, 6.45) is 3.92. The van der Waals surface area contributed by atoms with Gasteiger partial charge in [-0.3, -0.25) is 0 Å². The Balaban J connectivity index is 2.16. The molecule has 0 radical (unpaired) electrons. The molecule has 0 aliphatic carbocycles. The van der Waals surface area contributed by atoms with E-state index in [0.717, 1.165) is 14.3 Å². The van der Waals surface area contributed by atoms with E-state index in [1.54, 1.807) is 44.9 Å². The first kappa shape index (κ1) is 12.2. The second-order valence-electron chi connectivity index (χ2n) is 3.29. The molecule has 0 amide bonds. The van der Waals surface area contributed by atoms with Gasteiger partial charge in [0.05, 0.1) is 5.56 Å². The van der Waals surface area contributed by atoms with Gasteiger partial charge in [-0.1, -0.05) is 51.1 Å². The number of carboxylic acid groups (broad SMARTS) is 1. The number of rotatable bonds is 3. The molecule has 1 N–H and O–H groups in total. The molecule has 0 aliphatic heterocycles. The summed E-state index contributed by atoms with van der Waals surface area (Å²) in [4.78, 5) is 11.8. The summed E-state index contributed by atoms with van der Waals surface area (Å²) in [7, 11) is 3.21. The van der Waals surface area contributed by atoms with Crippen molar-refractivity contribution in [2.24, 2.45) is 0 Å². The Bertz CT molecular complexity index is 605. The molecule has 2 rings (SSSR count). The molecule has 86 valence electrons. The first-order valence-electron chi connectivity index (χ1n) is 4.77. The van der Waals surface area contributed by atoms with Crippen molar-refractivity contribution >= 4 is 51.0 Å². The van der Waals surface area contributed by atoms with Crippen molar-refractivity contribution in [3.63, 3.8) is 0 Å². The van der Waals surface area contributed by atoms with Crippen LogP contribution < -0.4 is 0 Å². The maximum Gasteiger partial charge on any atom is 0.335 e. The van der Waals surface area contributed by atoms with Crippen molar-refractivity contribution < 1.29 is 9.90 Å². The lowest BCUT2D eigenvalue weighted by Crippen LogP contribution is -1.94. The molecule has 0 aliphatic rings. The Morgan fingerprint density at radius 2 is 1.88 bits per heavy atom. The van der Waals surface area contributed by atoms with Crippen molar-refractivity contribution in [2.75, 3.05) is 0 Å². The summed E-state index contributed by atoms with van der Waals surface area (Å²) in [6, 6.07) is 8.71. The molecule has 0 unspecified atom stereocenters. The van der Waals surface area contributed by atoms with Crippen molar-refractivity contribution in [3.05, 3.63) is 50.2 Å². The molecule has 1 aromatic heterocycles. The average molecular weight is 280 g/mol. The fourth-order valence-electron chi connectivity index (χ4n) is 1.24. The summed E-state index contributed by atoms with van der Waals surface area (Å²) in [5, 5.41) is 8.76. The highest BCUT2D eigenvalue weighted by molar-refractivity contribution is 7.79. The Morgan fingerprint density at radius 1 is 1.18 bits per heavy atom. The van der Waals surface area contributed by atoms with E-state index in [1.165, 1.54) is 0 Å². The predicted molar refractivity (Wildman–Crippen MR) is 75.4 cm³/mol. The summed E-state index contributed by atoms with van der Waals surface area (Å²) < 4.78 is 0.885. The van der Waals surface area contributed by atoms with Crippen LogP contribution in [0, 0.1) is 3.82 Å². The summed E-state index contributed by atoms with van der Waals surface area (Å²) in [5.74, 6) is -0.906. The molecular weight excluding hydrogens is 272 g/mol. The van der Waals surface area contributed by atoms with E-state index in [4.69, 9.17) is 17.3 Å². The number of aromatic carboxylic acids is 1. The minimum absolute atomic E-state index is 0.299. The third-order valence-electron chi connectivity index (χ3n) is 2.08. The van der Waals surface area contributed by atoms with Crippen molar-refractivity contribution in [1.29, 1.82) is 0 Å². The van der Waals surface area contributed by atoms with Gasteiger partial charge in [-0.25, -0.2) is 4.79 Å². The monoisotopic (exact) mass is 280 g/mol. The first-order chi connectivity index (χ1) is 8.15. The minimum atomic E-state index is -0.906. The lowest BCUT2D eigenvalue weighted by Gasteiger charge is -1.95. The fraction of sp³-hybridized carbons (Fsp3) is 0. The number of hydrogen-bond acceptors (Lipinski definition) is 4. The standard InChI is InChI=1S/C12H8O2S3/c13-12(14)9-4-1-8(2-5-9)3-6-10-7-11(15)17-16-10/h1-7H,(H,13,14). The normalized spacial score (nSPS) is 10.8. The third-order valence-corrected chi connectivity index (χ3v) is 4.94. The molecular formula is C12H8O2S3. The molecule has 2 nitrogen and oxygen atoms in total. The SMILES string of the molecule is O=C(O)c1ccc(C=Cc2cc(=S)ss2)cc1. The lowest BCUT2D eigenvalue weighted by atomic mass is 10.1. The molecule has 17 heavy (non-hydrogen) atoms. The Kier molecular flexibility index (Phi) is 3.83. The molecule has 0 saturated heterocycles. The highest BCUT2D eigenvalue weighted by atomic mass is 32.9. The van der Waals surface area contributed by atoms with E-state index in [2.05, 4.69) is 0 Å². The van der Waals surface area contributed by atoms with Crippen molar-refractivity contribution in [1.82, 2.24) is 0 Å². The zero-order valence-electron chi connectivity index (χ0n) is 8.62. The quantitative estimate of drug-likeness (QED) is 0.668. The van der Waals surface area contributed by atoms with E-state index in [0.29, 0.717) is 5.56 Å². The molecule has 0 bridgehead atoms. The largest absolute Gasteiger partial charge is 0.478 e. The van der Waals surface area contributed by atoms with Crippen LogP contribution >= 0.6 is 32.9 Å². The van der Waals surface area contributed by atoms with Gasteiger partial charge in [-0.2, -0.15) is 0 Å². The molecule has 0 atom stereocenters. The molecule has 5 heteroatoms. The molecule has 0 fully saturated rings. The van der Waals surface area contributed by atoms with Crippen LogP contribution in [-0.4, -0.2) is 11.1 Å². The highest BCUT2D eigenvalue weighted by Gasteiger charge is 2.00. The highest BCUT2D eigenvalue weighted by Crippen LogP contribution is 2.20. The third kappa shape index (κ3) is 3.33. The Morgan fingerprint density at radius 3 is 2.41 bits per heavy atom. The lowest BCUT2D eigenvalue weighted by molar-refractivity contribution is 0.0697. The van der Waals surface area contributed by atoms with E-state index in [-0.39, 0.29) is 0 Å². The summed E-state index contributed by atoms with van der Waals surface area (Å²) >= 11 is 5.04. The molecule has 1 heterocycles. The maximum atomic E-state index is 10.7. The van der Waals surface area contributed by atoms with Gasteiger partial charge >= 0.3 is 5.97 Å². The summed E-state index contributed by atoms with van der Waals surface area (Å²) in [6.45, 7) is 0. The van der Waals surface area contributed by atoms with E-state index >= 15 is 0 Å². The zero-order chi connectivity index (χ0) is 12.3. The Labute approximate surface area is 111 Å². The van der Waals surface area contributed by atoms with Crippen LogP contribution in [-0.2, 0) is 0 Å². The van der Waals surface area contributed by atoms with E-state index in [9.17, 15) is 4.79 Å². The van der Waals surface area contributed by atoms with Gasteiger partial charge in [-0.05, 0) is 29.8 Å². The molecule has 0 spiro atoms. The van der Waals surface area contributed by atoms with Gasteiger partial charge in [0.1, 0.15) is 3.82 Å². The number of carboxylic acids is 1.